The first-order valence-corrected chi connectivity index (χ1v) is 9.14. The van der Waals surface area contributed by atoms with Crippen LogP contribution < -0.4 is 10.1 Å². The van der Waals surface area contributed by atoms with Crippen molar-refractivity contribution >= 4 is 17.0 Å². The molecular weight excluding hydrogens is 308 g/mol. The van der Waals surface area contributed by atoms with E-state index in [0.717, 1.165) is 28.4 Å². The van der Waals surface area contributed by atoms with Crippen molar-refractivity contribution in [1.29, 1.82) is 0 Å². The van der Waals surface area contributed by atoms with Gasteiger partial charge in [-0.05, 0) is 57.7 Å². The molecule has 4 nitrogen and oxygen atoms in total. The number of fused-ring (bicyclic) bond motifs is 1. The van der Waals surface area contributed by atoms with E-state index >= 15 is 0 Å². The van der Waals surface area contributed by atoms with E-state index in [1.807, 2.05) is 36.5 Å². The lowest BCUT2D eigenvalue weighted by atomic mass is 10.0. The number of rotatable bonds is 6. The molecule has 1 aliphatic carbocycles. The van der Waals surface area contributed by atoms with Crippen LogP contribution in [0.15, 0.2) is 18.2 Å². The fraction of sp³-hybridized carbons (Fsp3) is 0.500. The molecule has 1 aliphatic rings. The molecule has 0 aliphatic heterocycles. The van der Waals surface area contributed by atoms with E-state index < -0.39 is 0 Å². The van der Waals surface area contributed by atoms with Crippen LogP contribution in [0.1, 0.15) is 53.9 Å². The summed E-state index contributed by atoms with van der Waals surface area (Å²) < 4.78 is 5.53. The highest BCUT2D eigenvalue weighted by molar-refractivity contribution is 7.11. The van der Waals surface area contributed by atoms with Gasteiger partial charge in [0.15, 0.2) is 0 Å². The van der Waals surface area contributed by atoms with Crippen molar-refractivity contribution in [3.8, 4) is 5.75 Å². The predicted octanol–water partition coefficient (Wildman–Crippen LogP) is 4.09. The molecule has 0 saturated heterocycles. The van der Waals surface area contributed by atoms with Gasteiger partial charge in [0.05, 0.1) is 24.9 Å². The van der Waals surface area contributed by atoms with Gasteiger partial charge in [0.1, 0.15) is 10.8 Å². The maximum Gasteiger partial charge on any atom is 0.124 e. The van der Waals surface area contributed by atoms with Crippen LogP contribution in [0, 0.1) is 0 Å². The molecule has 2 aromatic rings. The minimum atomic E-state index is -0.0230. The Morgan fingerprint density at radius 3 is 2.91 bits per heavy atom. The van der Waals surface area contributed by atoms with E-state index in [1.54, 1.807) is 0 Å². The molecule has 0 saturated carbocycles. The highest BCUT2D eigenvalue weighted by Gasteiger charge is 2.18. The van der Waals surface area contributed by atoms with Crippen molar-refractivity contribution < 1.29 is 9.84 Å². The number of aliphatic hydroxyl groups is 1. The Bertz CT molecular complexity index is 646. The standard InChI is InChI=1S/C18H24N2O2S/c1-3-22-16-9-8-14(10-13(16)11-21)19-12(2)18-20-15-6-4-5-7-17(15)23-18/h8-10,12,19,21H,3-7,11H2,1-2H3. The van der Waals surface area contributed by atoms with Crippen LogP contribution in [-0.4, -0.2) is 16.7 Å². The predicted molar refractivity (Wildman–Crippen MR) is 94.3 cm³/mol. The molecule has 3 rings (SSSR count). The minimum absolute atomic E-state index is 0.0230. The SMILES string of the molecule is CCOc1ccc(NC(C)c2nc3c(s2)CCCC3)cc1CO. The Morgan fingerprint density at radius 2 is 2.17 bits per heavy atom. The zero-order chi connectivity index (χ0) is 16.2. The summed E-state index contributed by atoms with van der Waals surface area (Å²) in [6, 6.07) is 6.02. The number of benzene rings is 1. The van der Waals surface area contributed by atoms with Gasteiger partial charge < -0.3 is 15.2 Å². The van der Waals surface area contributed by atoms with E-state index in [0.29, 0.717) is 6.61 Å². The van der Waals surface area contributed by atoms with Crippen LogP contribution in [-0.2, 0) is 19.4 Å². The monoisotopic (exact) mass is 332 g/mol. The van der Waals surface area contributed by atoms with Gasteiger partial charge in [-0.3, -0.25) is 0 Å². The molecular formula is C18H24N2O2S. The molecule has 1 unspecified atom stereocenters. The molecule has 1 aromatic heterocycles. The number of aliphatic hydroxyl groups excluding tert-OH is 1. The molecule has 1 atom stereocenters. The summed E-state index contributed by atoms with van der Waals surface area (Å²) in [5.74, 6) is 0.748. The Morgan fingerprint density at radius 1 is 1.35 bits per heavy atom. The average molecular weight is 332 g/mol. The van der Waals surface area contributed by atoms with Crippen molar-refractivity contribution in [2.75, 3.05) is 11.9 Å². The summed E-state index contributed by atoms with van der Waals surface area (Å²) >= 11 is 1.84. The zero-order valence-corrected chi connectivity index (χ0v) is 14.6. The van der Waals surface area contributed by atoms with Crippen molar-refractivity contribution in [1.82, 2.24) is 4.98 Å². The minimum Gasteiger partial charge on any atom is -0.494 e. The molecule has 0 spiro atoms. The van der Waals surface area contributed by atoms with Gasteiger partial charge in [-0.25, -0.2) is 4.98 Å². The van der Waals surface area contributed by atoms with Crippen LogP contribution in [0.4, 0.5) is 5.69 Å². The second kappa shape index (κ2) is 7.32. The Kier molecular flexibility index (Phi) is 5.18. The van der Waals surface area contributed by atoms with E-state index in [4.69, 9.17) is 9.72 Å². The van der Waals surface area contributed by atoms with Gasteiger partial charge in [0.25, 0.3) is 0 Å². The lowest BCUT2D eigenvalue weighted by molar-refractivity contribution is 0.267. The second-order valence-electron chi connectivity index (χ2n) is 5.91. The third-order valence-corrected chi connectivity index (χ3v) is 5.49. The number of thiazole rings is 1. The molecule has 1 heterocycles. The Labute approximate surface area is 141 Å². The van der Waals surface area contributed by atoms with Gasteiger partial charge in [0, 0.05) is 16.1 Å². The largest absolute Gasteiger partial charge is 0.494 e. The third-order valence-electron chi connectivity index (χ3n) is 4.15. The molecule has 124 valence electrons. The molecule has 23 heavy (non-hydrogen) atoms. The van der Waals surface area contributed by atoms with Gasteiger partial charge in [0.2, 0.25) is 0 Å². The number of hydrogen-bond acceptors (Lipinski definition) is 5. The van der Waals surface area contributed by atoms with Gasteiger partial charge in [-0.15, -0.1) is 11.3 Å². The first-order valence-electron chi connectivity index (χ1n) is 8.32. The fourth-order valence-corrected chi connectivity index (χ4v) is 4.11. The Hall–Kier alpha value is -1.59. The topological polar surface area (TPSA) is 54.4 Å². The molecule has 1 aromatic carbocycles. The number of hydrogen-bond donors (Lipinski definition) is 2. The van der Waals surface area contributed by atoms with Gasteiger partial charge >= 0.3 is 0 Å². The number of anilines is 1. The smallest absolute Gasteiger partial charge is 0.124 e. The zero-order valence-electron chi connectivity index (χ0n) is 13.8. The summed E-state index contributed by atoms with van der Waals surface area (Å²) in [4.78, 5) is 6.28. The Balaban J connectivity index is 1.74. The highest BCUT2D eigenvalue weighted by Crippen LogP contribution is 2.32. The van der Waals surface area contributed by atoms with Crippen LogP contribution in [0.3, 0.4) is 0 Å². The van der Waals surface area contributed by atoms with Crippen LogP contribution in [0.2, 0.25) is 0 Å². The molecule has 5 heteroatoms. The molecule has 0 bridgehead atoms. The lowest BCUT2D eigenvalue weighted by Gasteiger charge is -2.15. The summed E-state index contributed by atoms with van der Waals surface area (Å²) in [7, 11) is 0. The number of aromatic nitrogens is 1. The summed E-state index contributed by atoms with van der Waals surface area (Å²) in [6.45, 7) is 4.66. The molecule has 0 amide bonds. The number of nitrogens with one attached hydrogen (secondary N) is 1. The quantitative estimate of drug-likeness (QED) is 0.837. The second-order valence-corrected chi connectivity index (χ2v) is 7.02. The van der Waals surface area contributed by atoms with Crippen molar-refractivity contribution in [3.05, 3.63) is 39.3 Å². The first kappa shape index (κ1) is 16.3. The van der Waals surface area contributed by atoms with E-state index in [2.05, 4.69) is 12.2 Å². The first-order chi connectivity index (χ1) is 11.2. The molecule has 0 fully saturated rings. The summed E-state index contributed by atoms with van der Waals surface area (Å²) in [6.07, 6.45) is 4.85. The molecule has 0 radical (unpaired) electrons. The lowest BCUT2D eigenvalue weighted by Crippen LogP contribution is -2.07. The van der Waals surface area contributed by atoms with Crippen LogP contribution in [0.5, 0.6) is 5.75 Å². The van der Waals surface area contributed by atoms with E-state index in [1.165, 1.54) is 29.8 Å². The van der Waals surface area contributed by atoms with Crippen molar-refractivity contribution in [3.63, 3.8) is 0 Å². The van der Waals surface area contributed by atoms with Crippen LogP contribution >= 0.6 is 11.3 Å². The van der Waals surface area contributed by atoms with Gasteiger partial charge in [-0.1, -0.05) is 0 Å². The van der Waals surface area contributed by atoms with Crippen molar-refractivity contribution in [2.45, 2.75) is 52.2 Å². The third kappa shape index (κ3) is 3.67. The van der Waals surface area contributed by atoms with Crippen molar-refractivity contribution in [2.24, 2.45) is 0 Å². The van der Waals surface area contributed by atoms with Gasteiger partial charge in [-0.2, -0.15) is 0 Å². The normalized spacial score (nSPS) is 15.1. The maximum atomic E-state index is 9.51. The summed E-state index contributed by atoms with van der Waals surface area (Å²) in [5, 5.41) is 14.2. The fourth-order valence-electron chi connectivity index (χ4n) is 2.96. The summed E-state index contributed by atoms with van der Waals surface area (Å²) in [5.41, 5.74) is 3.09. The van der Waals surface area contributed by atoms with Crippen LogP contribution in [0.25, 0.3) is 0 Å². The van der Waals surface area contributed by atoms with E-state index in [-0.39, 0.29) is 12.6 Å². The highest BCUT2D eigenvalue weighted by atomic mass is 32.1. The number of aryl methyl sites for hydroxylation is 2. The molecule has 2 N–H and O–H groups in total. The number of nitrogens with zero attached hydrogens (tertiary/aromatic N) is 1. The maximum absolute atomic E-state index is 9.51. The number of ether oxygens (including phenoxy) is 1. The van der Waals surface area contributed by atoms with E-state index in [9.17, 15) is 5.11 Å². The average Bonchev–Trinajstić information content (AvgIpc) is 3.00.